The van der Waals surface area contributed by atoms with Crippen molar-refractivity contribution in [3.8, 4) is 5.75 Å². The van der Waals surface area contributed by atoms with Crippen molar-refractivity contribution in [1.82, 2.24) is 14.5 Å². The molecule has 11 heteroatoms. The number of likely N-dealkylation sites (N-methyl/N-ethyl adjacent to an activating group) is 1. The number of carbonyl (C=O) groups is 1. The number of sulfonamides is 1. The van der Waals surface area contributed by atoms with Gasteiger partial charge in [-0.05, 0) is 126 Å². The first kappa shape index (κ1) is 36.7. The highest BCUT2D eigenvalue weighted by atomic mass is 35.5. The Kier molecular flexibility index (Phi) is 9.83. The van der Waals surface area contributed by atoms with Crippen molar-refractivity contribution in [3.05, 3.63) is 70.3 Å². The second-order valence-electron chi connectivity index (χ2n) is 16.7. The summed E-state index contributed by atoms with van der Waals surface area (Å²) < 4.78 is 42.9. The first-order valence-corrected chi connectivity index (χ1v) is 20.6. The van der Waals surface area contributed by atoms with Gasteiger partial charge in [-0.25, -0.2) is 13.1 Å². The fraction of sp³-hybridized carbons (Fsp3) is 0.625. The molecule has 2 bridgehead atoms. The fourth-order valence-electron chi connectivity index (χ4n) is 9.47. The number of hydrogen-bond donors (Lipinski definition) is 1. The third kappa shape index (κ3) is 6.73. The number of rotatable bonds is 4. The van der Waals surface area contributed by atoms with Gasteiger partial charge >= 0.3 is 0 Å². The van der Waals surface area contributed by atoms with Gasteiger partial charge in [-0.3, -0.25) is 9.69 Å². The highest BCUT2D eigenvalue weighted by Crippen LogP contribution is 2.49. The molecule has 9 nitrogen and oxygen atoms in total. The molecule has 2 aromatic carbocycles. The molecule has 278 valence electrons. The summed E-state index contributed by atoms with van der Waals surface area (Å²) in [5, 5.41) is -0.0266. The minimum absolute atomic E-state index is 0.126. The van der Waals surface area contributed by atoms with Crippen LogP contribution < -0.4 is 14.4 Å². The molecule has 0 aromatic heterocycles. The molecular weight excluding hydrogens is 684 g/mol. The number of carbonyl (C=O) groups excluding carboxylic acids is 1. The molecule has 1 saturated heterocycles. The predicted octanol–water partition coefficient (Wildman–Crippen LogP) is 5.90. The molecule has 1 N–H and O–H groups in total. The van der Waals surface area contributed by atoms with Crippen molar-refractivity contribution >= 4 is 33.2 Å². The van der Waals surface area contributed by atoms with Crippen molar-refractivity contribution in [2.24, 2.45) is 17.8 Å². The van der Waals surface area contributed by atoms with Crippen molar-refractivity contribution in [3.63, 3.8) is 0 Å². The zero-order valence-corrected chi connectivity index (χ0v) is 32.7. The van der Waals surface area contributed by atoms with Crippen LogP contribution in [0.3, 0.4) is 0 Å². The Hall–Kier alpha value is -2.63. The largest absolute Gasteiger partial charge is 0.490 e. The number of likely N-dealkylation sites (tertiary alicyclic amines) is 1. The van der Waals surface area contributed by atoms with E-state index in [1.54, 1.807) is 13.0 Å². The van der Waals surface area contributed by atoms with Crippen LogP contribution in [0.15, 0.2) is 48.6 Å². The Labute approximate surface area is 309 Å². The van der Waals surface area contributed by atoms with Crippen molar-refractivity contribution in [1.29, 1.82) is 0 Å². The van der Waals surface area contributed by atoms with Crippen LogP contribution in [0.2, 0.25) is 5.02 Å². The molecule has 3 aliphatic heterocycles. The van der Waals surface area contributed by atoms with Crippen molar-refractivity contribution in [2.45, 2.75) is 81.1 Å². The molecular formula is C40H55ClN4O5S. The molecule has 51 heavy (non-hydrogen) atoms. The number of halogens is 1. The normalized spacial score (nSPS) is 33.9. The summed E-state index contributed by atoms with van der Waals surface area (Å²) in [5.74, 6) is 0.493. The van der Waals surface area contributed by atoms with Crippen molar-refractivity contribution in [2.75, 3.05) is 65.4 Å². The molecule has 2 fully saturated rings. The van der Waals surface area contributed by atoms with Crippen molar-refractivity contribution < 1.29 is 22.7 Å². The lowest BCUT2D eigenvalue weighted by Crippen LogP contribution is -2.70. The Balaban J connectivity index is 1.30. The number of benzene rings is 2. The summed E-state index contributed by atoms with van der Waals surface area (Å²) in [7, 11) is 2.19. The summed E-state index contributed by atoms with van der Waals surface area (Å²) in [4.78, 5) is 20.9. The first-order chi connectivity index (χ1) is 24.2. The lowest BCUT2D eigenvalue weighted by Gasteiger charge is -2.57. The number of nitrogens with one attached hydrogen (secondary N) is 1. The number of ether oxygens (including phenoxy) is 2. The average molecular weight is 739 g/mol. The van der Waals surface area contributed by atoms with Gasteiger partial charge in [-0.1, -0.05) is 36.7 Å². The summed E-state index contributed by atoms with van der Waals surface area (Å²) in [6, 6.07) is 11.6. The van der Waals surface area contributed by atoms with Gasteiger partial charge in [0.2, 0.25) is 10.0 Å². The quantitative estimate of drug-likeness (QED) is 0.388. The van der Waals surface area contributed by atoms with E-state index in [4.69, 9.17) is 21.1 Å². The zero-order chi connectivity index (χ0) is 36.3. The molecule has 2 aromatic rings. The molecule has 3 heterocycles. The smallest absolute Gasteiger partial charge is 0.264 e. The number of aryl methyl sites for hydroxylation is 1. The lowest BCUT2D eigenvalue weighted by molar-refractivity contribution is -0.120. The van der Waals surface area contributed by atoms with E-state index in [2.05, 4.69) is 64.7 Å². The molecule has 5 aliphatic rings. The second kappa shape index (κ2) is 13.7. The molecule has 1 spiro atoms. The number of nitrogens with zero attached hydrogens (tertiary/aromatic N) is 3. The monoisotopic (exact) mass is 738 g/mol. The van der Waals surface area contributed by atoms with Gasteiger partial charge in [0.25, 0.3) is 5.91 Å². The van der Waals surface area contributed by atoms with E-state index in [-0.39, 0.29) is 22.8 Å². The van der Waals surface area contributed by atoms with Gasteiger partial charge < -0.3 is 19.3 Å². The molecule has 1 saturated carbocycles. The van der Waals surface area contributed by atoms with E-state index >= 15 is 0 Å². The predicted molar refractivity (Wildman–Crippen MR) is 203 cm³/mol. The SMILES string of the molecule is CO[C@@]1(CN2CC(C)(N(C)C)C2)/C=C/C[C@H](C)[C@@H](C)S(=O)(=O)NC(=O)c2ccc3c(c2)N(C[C@@H]2CC[C@H]21)C[C@@]1(CCCc2cc(Cl)ccc21)CO3. The van der Waals surface area contributed by atoms with Crippen LogP contribution in [0.25, 0.3) is 0 Å². The number of hydrogen-bond acceptors (Lipinski definition) is 8. The molecule has 7 rings (SSSR count). The van der Waals surface area contributed by atoms with Crippen LogP contribution >= 0.6 is 11.6 Å². The van der Waals surface area contributed by atoms with Gasteiger partial charge in [-0.2, -0.15) is 0 Å². The van der Waals surface area contributed by atoms with Crippen LogP contribution in [0.5, 0.6) is 5.75 Å². The van der Waals surface area contributed by atoms with Gasteiger partial charge in [-0.15, -0.1) is 0 Å². The average Bonchev–Trinajstić information content (AvgIpc) is 3.21. The summed E-state index contributed by atoms with van der Waals surface area (Å²) in [6.45, 7) is 10.7. The zero-order valence-electron chi connectivity index (χ0n) is 31.1. The highest BCUT2D eigenvalue weighted by molar-refractivity contribution is 7.90. The van der Waals surface area contributed by atoms with Crippen LogP contribution in [-0.2, 0) is 26.6 Å². The highest BCUT2D eigenvalue weighted by Gasteiger charge is 2.52. The van der Waals surface area contributed by atoms with E-state index in [0.717, 1.165) is 75.5 Å². The maximum Gasteiger partial charge on any atom is 0.264 e. The standard InChI is InChI=1S/C40H55ClN4O5S/c1-27-9-7-18-40(49-6,25-44-22-38(3,23-44)43(4)5)34-14-11-31(34)21-45-24-39(17-8-10-29-19-32(41)13-15-33(29)39)26-50-36-16-12-30(20-35(36)45)37(46)42-51(47,48)28(27)2/h7,12-13,15-16,18-20,27-28,31,34H,8-11,14,17,21-26H2,1-6H3,(H,42,46)/b18-7+/t27-,28+,31-,34+,39-,40+/m0/s1. The van der Waals surface area contributed by atoms with E-state index in [1.807, 2.05) is 32.2 Å². The Bertz CT molecular complexity index is 1790. The van der Waals surface area contributed by atoms with E-state index in [1.165, 1.54) is 11.1 Å². The van der Waals surface area contributed by atoms with Crippen LogP contribution in [0, 0.1) is 17.8 Å². The van der Waals surface area contributed by atoms with Gasteiger partial charge in [0.15, 0.2) is 0 Å². The van der Waals surface area contributed by atoms with E-state index < -0.39 is 26.8 Å². The fourth-order valence-corrected chi connectivity index (χ4v) is 10.9. The number of anilines is 1. The Morgan fingerprint density at radius 1 is 1.10 bits per heavy atom. The summed E-state index contributed by atoms with van der Waals surface area (Å²) in [6.07, 6.45) is 10.1. The van der Waals surface area contributed by atoms with Gasteiger partial charge in [0, 0.05) is 61.4 Å². The number of allylic oxidation sites excluding steroid dienone is 1. The topological polar surface area (TPSA) is 91.4 Å². The minimum atomic E-state index is -3.95. The maximum absolute atomic E-state index is 13.6. The van der Waals surface area contributed by atoms with E-state index in [0.29, 0.717) is 30.3 Å². The number of amides is 1. The lowest BCUT2D eigenvalue weighted by atomic mass is 9.63. The second-order valence-corrected chi connectivity index (χ2v) is 19.2. The van der Waals surface area contributed by atoms with Crippen LogP contribution in [0.1, 0.15) is 74.4 Å². The number of fused-ring (bicyclic) bond motifs is 4. The Morgan fingerprint density at radius 2 is 1.88 bits per heavy atom. The molecule has 0 radical (unpaired) electrons. The van der Waals surface area contributed by atoms with Gasteiger partial charge in [0.05, 0.1) is 17.5 Å². The van der Waals surface area contributed by atoms with Crippen LogP contribution in [-0.4, -0.2) is 101 Å². The minimum Gasteiger partial charge on any atom is -0.490 e. The molecule has 1 amide bonds. The third-order valence-electron chi connectivity index (χ3n) is 13.3. The Morgan fingerprint density at radius 3 is 2.59 bits per heavy atom. The molecule has 2 aliphatic carbocycles. The molecule has 6 atom stereocenters. The summed E-state index contributed by atoms with van der Waals surface area (Å²) >= 11 is 6.49. The van der Waals surface area contributed by atoms with Gasteiger partial charge in [0.1, 0.15) is 11.4 Å². The third-order valence-corrected chi connectivity index (χ3v) is 15.4. The van der Waals surface area contributed by atoms with Crippen LogP contribution in [0.4, 0.5) is 5.69 Å². The summed E-state index contributed by atoms with van der Waals surface area (Å²) in [5.41, 5.74) is 3.04. The van der Waals surface area contributed by atoms with E-state index in [9.17, 15) is 13.2 Å². The first-order valence-electron chi connectivity index (χ1n) is 18.7. The molecule has 0 unspecified atom stereocenters. The number of methoxy groups -OCH3 is 1. The maximum atomic E-state index is 13.6.